The third-order valence-electron chi connectivity index (χ3n) is 17.8. The number of nitrogens with two attached hydrogens (primary N) is 3. The van der Waals surface area contributed by atoms with Gasteiger partial charge in [0.15, 0.2) is 11.6 Å². The number of hydrazine groups is 1. The Labute approximate surface area is 617 Å². The number of nitrogens with zero attached hydrogens (tertiary/aromatic N) is 5. The second-order valence-corrected chi connectivity index (χ2v) is 25.7. The lowest BCUT2D eigenvalue weighted by molar-refractivity contribution is -0.534. The zero-order chi connectivity index (χ0) is 78.8. The van der Waals surface area contributed by atoms with Gasteiger partial charge in [0.2, 0.25) is 0 Å². The number of aliphatic hydroxyl groups excluding tert-OH is 1. The average Bonchev–Trinajstić information content (AvgIpc) is 1.55. The van der Waals surface area contributed by atoms with Crippen LogP contribution in [0.2, 0.25) is 0 Å². The van der Waals surface area contributed by atoms with E-state index < -0.39 is 59.0 Å². The van der Waals surface area contributed by atoms with E-state index in [4.69, 9.17) is 72.0 Å². The minimum Gasteiger partial charge on any atom is -0.388 e. The number of primary amides is 1. The van der Waals surface area contributed by atoms with Crippen molar-refractivity contribution in [2.45, 2.75) is 176 Å². The SMILES string of the molecule is C1CCNCC1.CNCCC(=O)c1cn([C@H]2C[C@@H](OC)[C@@H](COC)O2)c(=O)[nH]c1=O.COC[C@@H](O)[C@@H](CC=[N+]1CCCCC1)OC.COC[C@H]1O[C@@H](NC(N)=O)C[C@H]1OC.COC[C@H]1O[C@@H](n2cc(C(=O)CCN(C)C)c(=O)[nH]c2=O)C[C@H]1OC.COC[C@H]1O[C@@H](n2cc(C)c(=O)[nH]c2=O)C[C@H]1OC.NN. The second-order valence-electron chi connectivity index (χ2n) is 25.7. The number of H-pyrrole nitrogens is 3. The topological polar surface area (TPSA) is 486 Å². The number of carbonyl (C=O) groups is 3. The predicted octanol–water partition coefficient (Wildman–Crippen LogP) is -1.63. The van der Waals surface area contributed by atoms with E-state index in [2.05, 4.69) is 53.4 Å². The maximum absolute atomic E-state index is 12.3. The minimum absolute atomic E-state index is 0.0470. The van der Waals surface area contributed by atoms with Gasteiger partial charge in [-0.05, 0) is 60.4 Å². The molecule has 606 valence electrons. The van der Waals surface area contributed by atoms with Crippen molar-refractivity contribution in [2.24, 2.45) is 17.4 Å². The molecule has 14 atom stereocenters. The van der Waals surface area contributed by atoms with Crippen molar-refractivity contribution >= 4 is 23.8 Å². The Morgan fingerprint density at radius 2 is 1.00 bits per heavy atom. The van der Waals surface area contributed by atoms with Crippen molar-refractivity contribution in [1.82, 2.24) is 49.5 Å². The number of urea groups is 1. The Hall–Kier alpha value is -6.48. The maximum Gasteiger partial charge on any atom is 0.330 e. The summed E-state index contributed by atoms with van der Waals surface area (Å²) in [5.41, 5.74) is 1.87. The monoisotopic (exact) mass is 1520 g/mol. The Balaban J connectivity index is 0.000000339. The maximum atomic E-state index is 12.3. The van der Waals surface area contributed by atoms with Crippen molar-refractivity contribution in [3.63, 3.8) is 0 Å². The third kappa shape index (κ3) is 31.2. The van der Waals surface area contributed by atoms with Crippen LogP contribution in [-0.4, -0.2) is 299 Å². The van der Waals surface area contributed by atoms with Crippen LogP contribution >= 0.6 is 0 Å². The number of carbonyl (C=O) groups excluding carboxylic acids is 3. The molecule has 0 unspecified atom stereocenters. The number of aryl methyl sites for hydroxylation is 1. The highest BCUT2D eigenvalue weighted by atomic mass is 16.6. The molecule has 6 fully saturated rings. The Bertz CT molecular complexity index is 3400. The Morgan fingerprint density at radius 3 is 1.37 bits per heavy atom. The first-order chi connectivity index (χ1) is 50.9. The molecule has 38 nitrogen and oxygen atoms in total. The molecule has 0 aromatic carbocycles. The lowest BCUT2D eigenvalue weighted by Gasteiger charge is -2.19. The van der Waals surface area contributed by atoms with Gasteiger partial charge in [0, 0.05) is 160 Å². The number of amides is 2. The second kappa shape index (κ2) is 51.8. The van der Waals surface area contributed by atoms with Gasteiger partial charge in [0.25, 0.3) is 16.7 Å². The van der Waals surface area contributed by atoms with E-state index in [9.17, 15) is 48.3 Å². The summed E-state index contributed by atoms with van der Waals surface area (Å²) in [7, 11) is 21.2. The van der Waals surface area contributed by atoms with Crippen LogP contribution in [0.25, 0.3) is 0 Å². The fraction of sp³-hybridized carbons (Fsp3) is 0.765. The highest BCUT2D eigenvalue weighted by Gasteiger charge is 2.40. The van der Waals surface area contributed by atoms with Crippen LogP contribution in [0.1, 0.15) is 128 Å². The van der Waals surface area contributed by atoms with Gasteiger partial charge < -0.3 is 98.0 Å². The number of aromatic amines is 3. The number of aliphatic hydroxyl groups is 1. The number of aromatic nitrogens is 6. The first-order valence-electron chi connectivity index (χ1n) is 35.3. The summed E-state index contributed by atoms with van der Waals surface area (Å²) >= 11 is 0. The summed E-state index contributed by atoms with van der Waals surface area (Å²) in [6, 6.07) is -0.595. The number of nitrogens with one attached hydrogen (secondary N) is 6. The Kier molecular flexibility index (Phi) is 45.8. The number of hydrogen-bond donors (Lipinski definition) is 10. The van der Waals surface area contributed by atoms with E-state index >= 15 is 0 Å². The molecule has 6 aliphatic rings. The van der Waals surface area contributed by atoms with Crippen LogP contribution in [0.3, 0.4) is 0 Å². The quantitative estimate of drug-likeness (QED) is 0.0155. The van der Waals surface area contributed by atoms with Crippen molar-refractivity contribution in [3.05, 3.63) is 97.8 Å². The number of rotatable bonds is 30. The number of ether oxygens (including phenoxy) is 14. The molecule has 0 saturated carbocycles. The zero-order valence-electron chi connectivity index (χ0n) is 64.2. The van der Waals surface area contributed by atoms with Crippen LogP contribution in [-0.2, 0) is 66.3 Å². The van der Waals surface area contributed by atoms with Crippen LogP contribution in [0.4, 0.5) is 4.79 Å². The first kappa shape index (κ1) is 93.7. The van der Waals surface area contributed by atoms with E-state index in [1.807, 2.05) is 19.0 Å². The molecule has 106 heavy (non-hydrogen) atoms. The van der Waals surface area contributed by atoms with Crippen molar-refractivity contribution in [3.8, 4) is 0 Å². The van der Waals surface area contributed by atoms with Crippen LogP contribution in [0, 0.1) is 6.92 Å². The van der Waals surface area contributed by atoms with Crippen LogP contribution in [0.5, 0.6) is 0 Å². The highest BCUT2D eigenvalue weighted by Crippen LogP contribution is 2.32. The summed E-state index contributed by atoms with van der Waals surface area (Å²) in [5, 5.41) is 18.4. The van der Waals surface area contributed by atoms with Crippen LogP contribution < -0.4 is 67.1 Å². The van der Waals surface area contributed by atoms with Gasteiger partial charge in [-0.25, -0.2) is 23.8 Å². The molecule has 2 amide bonds. The van der Waals surface area contributed by atoms with E-state index in [-0.39, 0.29) is 102 Å². The average molecular weight is 1520 g/mol. The number of piperidine rings is 2. The fourth-order valence-corrected chi connectivity index (χ4v) is 12.1. The number of methoxy groups -OCH3 is 10. The lowest BCUT2D eigenvalue weighted by Crippen LogP contribution is -2.38. The molecule has 3 aromatic heterocycles. The summed E-state index contributed by atoms with van der Waals surface area (Å²) in [6.45, 7) is 9.17. The van der Waals surface area contributed by atoms with E-state index in [1.54, 1.807) is 85.1 Å². The molecule has 0 aliphatic carbocycles. The number of Topliss-reactive ketones (excluding diaryl/α,β-unsaturated/α-hetero) is 2. The molecule has 9 rings (SSSR count). The van der Waals surface area contributed by atoms with Gasteiger partial charge in [0.1, 0.15) is 74.7 Å². The van der Waals surface area contributed by atoms with Crippen LogP contribution in [0.15, 0.2) is 47.4 Å². The molecule has 9 heterocycles. The largest absolute Gasteiger partial charge is 0.388 e. The smallest absolute Gasteiger partial charge is 0.330 e. The molecule has 0 spiro atoms. The van der Waals surface area contributed by atoms with Gasteiger partial charge in [0.05, 0.1) is 81.1 Å². The molecule has 0 bridgehead atoms. The molecule has 3 aromatic rings. The molecule has 38 heteroatoms. The number of hydrogen-bond acceptors (Lipinski definition) is 29. The van der Waals surface area contributed by atoms with Gasteiger partial charge >= 0.3 is 23.1 Å². The third-order valence-corrected chi connectivity index (χ3v) is 17.8. The fourth-order valence-electron chi connectivity index (χ4n) is 12.1. The minimum atomic E-state index is -0.688. The molecular formula is C68H121N14O24+. The van der Waals surface area contributed by atoms with E-state index in [0.29, 0.717) is 77.4 Å². The van der Waals surface area contributed by atoms with Gasteiger partial charge in [-0.2, -0.15) is 0 Å². The van der Waals surface area contributed by atoms with E-state index in [0.717, 1.165) is 19.5 Å². The standard InChI is InChI=1S/C16H25N3O6.C15H23N3O6.C12H18N2O5.C12H24NO3.C8H16N2O4.C5H11N.H4N2/c1-18(2)6-5-11(20)10-8-19(16(22)17-15(10)21)14-7-12(24-4)13(25-14)9-23-3;1-16-5-4-10(19)9-7-18(15(21)17-14(9)20)13-6-11(23-3)12(24-13)8-22-2;1-7-5-14(12(16)13-11(7)15)10-4-8(18-3)9(19-10)6-17-2;1-15-10-11(14)12(16-2)6-9-13-7-4-3-5-8-13;1-12-4-6-5(13-2)3-7(14-6)10-8(9)11;1-2-4-6-5-3-1;1-2/h8,12-14H,5-7,9H2,1-4H3,(H,17,21,22);7,11-13,16H,4-6,8H2,1-3H3,(H,17,20,21);5,8-10H,4,6H2,1-3H3,(H,13,15,16);9,11-12,14H,3-8,10H2,1-2H3;5-7H,3-4H2,1-2H3,(H3,9,10,11);6H,1-5H2;1-2H2/q;;;+1;;;/t12-,13-,14-;11-,12-,13-;8-,9-,10-;11-,12-;5-,6-,7-;;/m11111../s1. The molecule has 6 aliphatic heterocycles. The van der Waals surface area contributed by atoms with Gasteiger partial charge in [-0.1, -0.05) is 6.42 Å². The molecule has 13 N–H and O–H groups in total. The van der Waals surface area contributed by atoms with E-state index in [1.165, 1.54) is 83.9 Å². The zero-order valence-corrected chi connectivity index (χ0v) is 64.2. The van der Waals surface area contributed by atoms with Crippen molar-refractivity contribution in [1.29, 1.82) is 0 Å². The van der Waals surface area contributed by atoms with Gasteiger partial charge in [-0.15, -0.1) is 0 Å². The summed E-state index contributed by atoms with van der Waals surface area (Å²) in [6.07, 6.45) is 12.9. The summed E-state index contributed by atoms with van der Waals surface area (Å²) < 4.78 is 80.7. The first-order valence-corrected chi connectivity index (χ1v) is 35.3. The molecular weight excluding hydrogens is 1400 g/mol. The van der Waals surface area contributed by atoms with Crippen molar-refractivity contribution < 1.29 is 90.4 Å². The van der Waals surface area contributed by atoms with Gasteiger partial charge in [-0.3, -0.25) is 64.3 Å². The Morgan fingerprint density at radius 1 is 0.594 bits per heavy atom. The predicted molar refractivity (Wildman–Crippen MR) is 390 cm³/mol. The van der Waals surface area contributed by atoms with Crippen molar-refractivity contribution in [2.75, 3.05) is 165 Å². The lowest BCUT2D eigenvalue weighted by atomic mass is 10.1. The molecule has 6 saturated heterocycles. The normalized spacial score (nSPS) is 24.3. The summed E-state index contributed by atoms with van der Waals surface area (Å²) in [4.78, 5) is 115. The highest BCUT2D eigenvalue weighted by molar-refractivity contribution is 5.96. The molecule has 0 radical (unpaired) electrons. The number of ketones is 2. The summed E-state index contributed by atoms with van der Waals surface area (Å²) in [5.74, 6) is 7.34.